The molecule has 0 aromatic heterocycles. The van der Waals surface area contributed by atoms with Gasteiger partial charge >= 0.3 is 18.0 Å². The zero-order valence-electron chi connectivity index (χ0n) is 37.9. The quantitative estimate of drug-likeness (QED) is 0.0949. The summed E-state index contributed by atoms with van der Waals surface area (Å²) < 4.78 is 45.5. The van der Waals surface area contributed by atoms with Crippen molar-refractivity contribution in [2.75, 3.05) is 84.4 Å². The number of carboxylic acid groups (broad SMARTS) is 1. The molecule has 1 aromatic carbocycles. The summed E-state index contributed by atoms with van der Waals surface area (Å²) in [6, 6.07) is 2.54. The van der Waals surface area contributed by atoms with Gasteiger partial charge < -0.3 is 57.9 Å². The molecule has 18 nitrogen and oxygen atoms in total. The molecule has 0 saturated carbocycles. The molecule has 3 aliphatic heterocycles. The lowest BCUT2D eigenvalue weighted by Gasteiger charge is -2.42. The molecule has 4 bridgehead atoms. The molecular formula is C44H64ClN3O15S. The minimum absolute atomic E-state index is 0.0559. The number of aliphatic hydroxyl groups is 1. The van der Waals surface area contributed by atoms with Gasteiger partial charge in [0.1, 0.15) is 40.7 Å². The van der Waals surface area contributed by atoms with Gasteiger partial charge in [0.2, 0.25) is 11.8 Å². The van der Waals surface area contributed by atoms with E-state index in [1.807, 2.05) is 13.0 Å². The second-order valence-corrected chi connectivity index (χ2v) is 17.8. The fraction of sp³-hybridized carbons (Fsp3) is 0.659. The number of epoxide rings is 1. The Morgan fingerprint density at radius 1 is 1.06 bits per heavy atom. The van der Waals surface area contributed by atoms with E-state index in [9.17, 15) is 29.1 Å². The van der Waals surface area contributed by atoms with Crippen LogP contribution >= 0.6 is 23.4 Å². The summed E-state index contributed by atoms with van der Waals surface area (Å²) in [7, 11) is 5.98. The van der Waals surface area contributed by atoms with E-state index >= 15 is 0 Å². The molecule has 3 heterocycles. The minimum Gasteiger partial charge on any atom is -0.495 e. The summed E-state index contributed by atoms with van der Waals surface area (Å²) in [6.07, 6.45) is 0.809. The van der Waals surface area contributed by atoms with Gasteiger partial charge in [0.05, 0.1) is 71.4 Å². The number of methoxy groups -OCH3 is 2. The predicted molar refractivity (Wildman–Crippen MR) is 238 cm³/mol. The van der Waals surface area contributed by atoms with Crippen molar-refractivity contribution in [2.45, 2.75) is 102 Å². The van der Waals surface area contributed by atoms with E-state index < -0.39 is 71.6 Å². The standard InChI is InChI=1S/C44H64ClN3O15S/c1-27-10-9-11-34(57-8)44(55)26-33(61-42(54)46-44)28(2)40-43(4,63-40)35(25-37(50)48(6)31-23-30(22-27)24-32(56-7)39(31)45)62-41(53)29(3)47(5)36(49)13-20-64-21-19-60-18-17-59-16-15-58-14-12-38(51)52/h9-11,23-24,28-29,33-35,40,55H,12-22,25-26H2,1-8H3,(H,46,54)(H,51,52)/b11-9+,27-10+/t28-,29+,33+,34-,35+,40+,43+,44+/m1/s1. The first kappa shape index (κ1) is 52.7. The van der Waals surface area contributed by atoms with Crippen LogP contribution in [-0.2, 0) is 58.8 Å². The van der Waals surface area contributed by atoms with E-state index in [0.29, 0.717) is 62.4 Å². The van der Waals surface area contributed by atoms with E-state index in [1.54, 1.807) is 52.1 Å². The summed E-state index contributed by atoms with van der Waals surface area (Å²) in [5.74, 6) is -1.50. The van der Waals surface area contributed by atoms with Crippen molar-refractivity contribution in [3.8, 4) is 5.75 Å². The topological polar surface area (TPSA) is 221 Å². The Morgan fingerprint density at radius 2 is 1.73 bits per heavy atom. The summed E-state index contributed by atoms with van der Waals surface area (Å²) in [5.41, 5.74) is -1.02. The van der Waals surface area contributed by atoms with Crippen LogP contribution in [0.3, 0.4) is 0 Å². The number of hydrogen-bond donors (Lipinski definition) is 3. The number of fused-ring (bicyclic) bond motifs is 5. The normalized spacial score (nSPS) is 27.8. The average molecular weight is 943 g/mol. The molecule has 64 heavy (non-hydrogen) atoms. The molecule has 3 N–H and O–H groups in total. The highest BCUT2D eigenvalue weighted by Gasteiger charge is 2.64. The number of likely N-dealkylation sites (N-methyl/N-ethyl adjacent to an activating group) is 1. The lowest BCUT2D eigenvalue weighted by Crippen LogP contribution is -2.63. The number of anilines is 1. The number of halogens is 1. The number of nitrogens with one attached hydrogen (secondary N) is 1. The summed E-state index contributed by atoms with van der Waals surface area (Å²) in [6.45, 7) is 8.90. The number of amides is 3. The van der Waals surface area contributed by atoms with Crippen LogP contribution in [-0.4, -0.2) is 166 Å². The van der Waals surface area contributed by atoms with Gasteiger partial charge in [-0.2, -0.15) is 11.8 Å². The lowest BCUT2D eigenvalue weighted by molar-refractivity contribution is -0.162. The van der Waals surface area contributed by atoms with Crippen LogP contribution in [0, 0.1) is 5.92 Å². The number of benzene rings is 1. The van der Waals surface area contributed by atoms with Crippen molar-refractivity contribution in [3.63, 3.8) is 0 Å². The zero-order valence-corrected chi connectivity index (χ0v) is 39.5. The molecule has 0 spiro atoms. The molecule has 2 saturated heterocycles. The third-order valence-corrected chi connectivity index (χ3v) is 12.9. The molecule has 1 aromatic rings. The molecule has 3 aliphatic rings. The third kappa shape index (κ3) is 14.5. The maximum Gasteiger partial charge on any atom is 0.409 e. The van der Waals surface area contributed by atoms with E-state index in [1.165, 1.54) is 42.8 Å². The number of nitrogens with zero attached hydrogens (tertiary/aromatic N) is 2. The summed E-state index contributed by atoms with van der Waals surface area (Å²) in [5, 5.41) is 23.1. The van der Waals surface area contributed by atoms with Crippen molar-refractivity contribution in [1.82, 2.24) is 10.2 Å². The van der Waals surface area contributed by atoms with E-state index in [4.69, 9.17) is 54.6 Å². The number of carbonyl (C=O) groups is 5. The van der Waals surface area contributed by atoms with Gasteiger partial charge in [-0.15, -0.1) is 0 Å². The number of esters is 1. The van der Waals surface area contributed by atoms with Gasteiger partial charge in [0.15, 0.2) is 5.72 Å². The van der Waals surface area contributed by atoms with Gasteiger partial charge in [0.25, 0.3) is 0 Å². The number of allylic oxidation sites excluding steroid dienone is 3. The Labute approximate surface area is 384 Å². The molecule has 4 rings (SSSR count). The Kier molecular flexibility index (Phi) is 20.2. The molecular weight excluding hydrogens is 878 g/mol. The van der Waals surface area contributed by atoms with E-state index in [2.05, 4.69) is 5.32 Å². The number of rotatable bonds is 20. The fourth-order valence-electron chi connectivity index (χ4n) is 7.48. The highest BCUT2D eigenvalue weighted by Crippen LogP contribution is 2.49. The SMILES string of the molecule is COc1cc2cc(c1Cl)N(C)C(=O)C[C@H](OC(=O)[C@H](C)N(C)C(=O)CCSCCOCCOCCOCCC(=O)O)[C@]1(C)O[C@H]1[C@H](C)[C@@H]1C[C@@](O)(NC(=O)O1)[C@H](OC)/C=C/C=C(\C)C2. The fourth-order valence-corrected chi connectivity index (χ4v) is 8.55. The van der Waals surface area contributed by atoms with Crippen LogP contribution in [0.15, 0.2) is 35.9 Å². The average Bonchev–Trinajstić information content (AvgIpc) is 3.95. The second-order valence-electron chi connectivity index (χ2n) is 16.2. The first-order chi connectivity index (χ1) is 30.3. The zero-order chi connectivity index (χ0) is 47.2. The number of aliphatic carboxylic acids is 1. The van der Waals surface area contributed by atoms with E-state index in [0.717, 1.165) is 11.1 Å². The minimum atomic E-state index is -1.85. The number of alkyl carbamates (subject to hydrolysis) is 1. The van der Waals surface area contributed by atoms with Crippen molar-refractivity contribution >= 4 is 58.9 Å². The Balaban J connectivity index is 1.44. The highest BCUT2D eigenvalue weighted by molar-refractivity contribution is 7.99. The van der Waals surface area contributed by atoms with Gasteiger partial charge in [-0.05, 0) is 44.9 Å². The predicted octanol–water partition coefficient (Wildman–Crippen LogP) is 4.16. The lowest BCUT2D eigenvalue weighted by atomic mass is 9.83. The van der Waals surface area contributed by atoms with E-state index in [-0.39, 0.29) is 43.2 Å². The number of carboxylic acids is 1. The number of thioether (sulfide) groups is 1. The van der Waals surface area contributed by atoms with Crippen molar-refractivity contribution < 1.29 is 72.1 Å². The van der Waals surface area contributed by atoms with Crippen LogP contribution < -0.4 is 15.0 Å². The highest BCUT2D eigenvalue weighted by atomic mass is 35.5. The maximum atomic E-state index is 14.2. The Bertz CT molecular complexity index is 1850. The monoisotopic (exact) mass is 941 g/mol. The van der Waals surface area contributed by atoms with Gasteiger partial charge in [-0.3, -0.25) is 19.7 Å². The first-order valence-corrected chi connectivity index (χ1v) is 22.8. The summed E-state index contributed by atoms with van der Waals surface area (Å²) in [4.78, 5) is 67.5. The van der Waals surface area contributed by atoms with Crippen LogP contribution in [0.5, 0.6) is 5.75 Å². The van der Waals surface area contributed by atoms with Gasteiger partial charge in [-0.1, -0.05) is 42.3 Å². The third-order valence-electron chi connectivity index (χ3n) is 11.6. The largest absolute Gasteiger partial charge is 0.495 e. The van der Waals surface area contributed by atoms with Crippen molar-refractivity contribution in [3.05, 3.63) is 46.5 Å². The van der Waals surface area contributed by atoms with Gasteiger partial charge in [0, 0.05) is 51.5 Å². The maximum absolute atomic E-state index is 14.2. The molecule has 0 aliphatic carbocycles. The summed E-state index contributed by atoms with van der Waals surface area (Å²) >= 11 is 8.31. The Hall–Kier alpha value is -3.95. The molecule has 3 amide bonds. The smallest absolute Gasteiger partial charge is 0.409 e. The molecule has 0 radical (unpaired) electrons. The van der Waals surface area contributed by atoms with Crippen LogP contribution in [0.25, 0.3) is 0 Å². The first-order valence-electron chi connectivity index (χ1n) is 21.2. The number of ether oxygens (including phenoxy) is 8. The van der Waals surface area contributed by atoms with Crippen LogP contribution in [0.4, 0.5) is 10.5 Å². The number of hydrogen-bond acceptors (Lipinski definition) is 15. The van der Waals surface area contributed by atoms with Crippen LogP contribution in [0.1, 0.15) is 58.9 Å². The van der Waals surface area contributed by atoms with Gasteiger partial charge in [-0.25, -0.2) is 9.59 Å². The van der Waals surface area contributed by atoms with Crippen molar-refractivity contribution in [1.29, 1.82) is 0 Å². The van der Waals surface area contributed by atoms with Crippen molar-refractivity contribution in [2.24, 2.45) is 5.92 Å². The number of carbonyl (C=O) groups excluding carboxylic acids is 4. The molecule has 2 fully saturated rings. The second kappa shape index (κ2) is 24.5. The Morgan fingerprint density at radius 3 is 2.39 bits per heavy atom. The van der Waals surface area contributed by atoms with Crippen LogP contribution in [0.2, 0.25) is 5.02 Å². The molecule has 20 heteroatoms. The molecule has 0 unspecified atom stereocenters. The molecule has 358 valence electrons. The molecule has 8 atom stereocenters.